The Kier molecular flexibility index (Phi) is 5.41. The zero-order valence-corrected chi connectivity index (χ0v) is 19.9. The summed E-state index contributed by atoms with van der Waals surface area (Å²) in [4.78, 5) is 20.5. The van der Waals surface area contributed by atoms with Gasteiger partial charge in [0.25, 0.3) is 0 Å². The molecule has 3 aromatic rings. The predicted molar refractivity (Wildman–Crippen MR) is 99.1 cm³/mol. The number of para-hydroxylation sites is 1. The number of alkyl halides is 1. The monoisotopic (exact) mass is 635 g/mol. The van der Waals surface area contributed by atoms with E-state index in [9.17, 15) is 9.18 Å². The van der Waals surface area contributed by atoms with Crippen molar-refractivity contribution in [2.24, 2.45) is 0 Å². The fourth-order valence-electron chi connectivity index (χ4n) is 3.50. The summed E-state index contributed by atoms with van der Waals surface area (Å²) in [5.41, 5.74) is 3.92. The van der Waals surface area contributed by atoms with Crippen LogP contribution in [0.5, 0.6) is 11.5 Å². The van der Waals surface area contributed by atoms with Gasteiger partial charge in [-0.15, -0.1) is 0 Å². The summed E-state index contributed by atoms with van der Waals surface area (Å²) in [6.45, 7) is 0.571. The Bertz CT molecular complexity index is 1140. The molecule has 1 amide bonds. The molecule has 1 unspecified atom stereocenters. The van der Waals surface area contributed by atoms with Crippen LogP contribution in [-0.2, 0) is 0 Å². The van der Waals surface area contributed by atoms with Crippen molar-refractivity contribution in [1.82, 2.24) is 17.0 Å². The summed E-state index contributed by atoms with van der Waals surface area (Å²) >= 11 is -1.14. The molecule has 4 N–H and O–H groups in total. The number of benzene rings is 1. The number of fused-ring (bicyclic) bond motifs is 3. The first kappa shape index (κ1) is 19.8. The van der Waals surface area contributed by atoms with Crippen molar-refractivity contribution in [2.75, 3.05) is 19.0 Å². The normalized spacial score (nSPS) is 17.9. The number of carbonyl (C=O) groups is 1. The van der Waals surface area contributed by atoms with E-state index in [4.69, 9.17) is 7.80 Å². The molecule has 30 heavy (non-hydrogen) atoms. The first-order chi connectivity index (χ1) is 14.7. The summed E-state index contributed by atoms with van der Waals surface area (Å²) in [6, 6.07) is 6.48. The van der Waals surface area contributed by atoms with Crippen molar-refractivity contribution >= 4 is 17.3 Å². The second kappa shape index (κ2) is 8.19. The molecule has 4 heterocycles. The van der Waals surface area contributed by atoms with Gasteiger partial charge >= 0.3 is 194 Å². The molecule has 11 heteroatoms. The molecule has 1 atom stereocenters. The standard InChI is InChI=1S/C19H16FI2N5O3/c1-29-18-10(20)3-2-4-12(18)25-17-14-16-11(7-24-19(14)28)21-27-22-30-13-8-23-6-5-9(13)15(17)26-16/h2-6,8,11,25-27H,7H2,1H3,(H,24,28)/q-2. The van der Waals surface area contributed by atoms with Crippen molar-refractivity contribution in [3.8, 4) is 22.8 Å². The Balaban J connectivity index is 1.75. The Hall–Kier alpha value is -2.13. The number of nitrogens with one attached hydrogen (secondary N) is 4. The van der Waals surface area contributed by atoms with E-state index in [1.807, 2.05) is 6.07 Å². The number of hydrogen-bond donors (Lipinski definition) is 4. The number of carbonyl (C=O) groups excluding carboxylic acids is 1. The number of aromatic amines is 1. The van der Waals surface area contributed by atoms with Gasteiger partial charge in [-0.1, -0.05) is 0 Å². The zero-order valence-electron chi connectivity index (χ0n) is 15.6. The second-order valence-corrected chi connectivity index (χ2v) is 12.6. The van der Waals surface area contributed by atoms with Crippen molar-refractivity contribution in [3.05, 3.63) is 53.7 Å². The first-order valence-electron chi connectivity index (χ1n) is 8.93. The van der Waals surface area contributed by atoms with Gasteiger partial charge in [-0.3, -0.25) is 0 Å². The van der Waals surface area contributed by atoms with E-state index in [2.05, 4.69) is 22.3 Å². The van der Waals surface area contributed by atoms with Crippen LogP contribution in [0, 0.1) is 5.82 Å². The summed E-state index contributed by atoms with van der Waals surface area (Å²) in [6.07, 6.45) is 3.34. The Morgan fingerprint density at radius 2 is 2.27 bits per heavy atom. The van der Waals surface area contributed by atoms with Crippen LogP contribution < -0.4 is 63.6 Å². The molecule has 0 saturated heterocycles. The molecule has 0 spiro atoms. The third-order valence-electron chi connectivity index (χ3n) is 4.82. The van der Waals surface area contributed by atoms with Crippen molar-refractivity contribution in [2.45, 2.75) is 3.92 Å². The molecule has 5 rings (SSSR count). The van der Waals surface area contributed by atoms with Gasteiger partial charge in [0.15, 0.2) is 0 Å². The summed E-state index contributed by atoms with van der Waals surface area (Å²) in [7, 11) is 1.41. The van der Waals surface area contributed by atoms with Crippen LogP contribution in [0.2, 0.25) is 0 Å². The SMILES string of the molecule is COc1c(F)cccc1Nc1c2[nH]c3c1C(=O)NCC3[I-]N[I-]Oc1cnccc1-2. The fourth-order valence-corrected chi connectivity index (χ4v) is 8.88. The Morgan fingerprint density at radius 3 is 3.13 bits per heavy atom. The summed E-state index contributed by atoms with van der Waals surface area (Å²) in [5.74, 6) is 0.0627. The van der Waals surface area contributed by atoms with Gasteiger partial charge < -0.3 is 0 Å². The minimum absolute atomic E-state index is 0.0849. The molecule has 2 bridgehead atoms. The van der Waals surface area contributed by atoms with E-state index in [0.717, 1.165) is 11.3 Å². The van der Waals surface area contributed by atoms with Gasteiger partial charge in [0.05, 0.1) is 0 Å². The van der Waals surface area contributed by atoms with Gasteiger partial charge in [0, 0.05) is 0 Å². The van der Waals surface area contributed by atoms with Crippen LogP contribution in [-0.4, -0.2) is 29.5 Å². The van der Waals surface area contributed by atoms with Gasteiger partial charge in [-0.05, 0) is 0 Å². The molecule has 158 valence electrons. The molecule has 2 aromatic heterocycles. The minimum atomic E-state index is -0.688. The number of ether oxygens (including phenoxy) is 1. The number of amides is 1. The molecule has 0 aliphatic carbocycles. The van der Waals surface area contributed by atoms with E-state index in [0.29, 0.717) is 34.9 Å². The van der Waals surface area contributed by atoms with E-state index in [1.54, 1.807) is 24.5 Å². The van der Waals surface area contributed by atoms with Gasteiger partial charge in [-0.2, -0.15) is 0 Å². The quantitative estimate of drug-likeness (QED) is 0.137. The number of H-pyrrole nitrogens is 1. The van der Waals surface area contributed by atoms with E-state index < -0.39 is 49.2 Å². The fraction of sp³-hybridized carbons (Fsp3) is 0.158. The molecule has 0 fully saturated rings. The predicted octanol–water partition coefficient (Wildman–Crippen LogP) is -3.34. The summed E-state index contributed by atoms with van der Waals surface area (Å²) < 4.78 is 29.2. The van der Waals surface area contributed by atoms with Crippen LogP contribution in [0.3, 0.4) is 0 Å². The molecule has 2 aliphatic rings. The molecular weight excluding hydrogens is 619 g/mol. The molecular formula is C19H16FI2N5O3-2. The number of rotatable bonds is 3. The van der Waals surface area contributed by atoms with E-state index in [-0.39, 0.29) is 15.6 Å². The number of halogens is 3. The number of hydrogen-bond acceptors (Lipinski definition) is 6. The van der Waals surface area contributed by atoms with Gasteiger partial charge in [0.1, 0.15) is 0 Å². The van der Waals surface area contributed by atoms with Crippen LogP contribution in [0.1, 0.15) is 20.0 Å². The summed E-state index contributed by atoms with van der Waals surface area (Å²) in [5, 5.41) is 6.24. The maximum absolute atomic E-state index is 14.3. The third-order valence-corrected chi connectivity index (χ3v) is 10.4. The van der Waals surface area contributed by atoms with E-state index >= 15 is 0 Å². The number of aromatic nitrogens is 2. The third kappa shape index (κ3) is 3.37. The number of methoxy groups -OCH3 is 1. The Morgan fingerprint density at radius 1 is 1.37 bits per heavy atom. The van der Waals surface area contributed by atoms with Crippen LogP contribution >= 0.6 is 0 Å². The van der Waals surface area contributed by atoms with Crippen LogP contribution in [0.15, 0.2) is 36.7 Å². The van der Waals surface area contributed by atoms with Crippen LogP contribution in [0.25, 0.3) is 11.3 Å². The topological polar surface area (TPSA) is 100 Å². The Labute approximate surface area is 193 Å². The van der Waals surface area contributed by atoms with Gasteiger partial charge in [0.2, 0.25) is 0 Å². The van der Waals surface area contributed by atoms with Crippen molar-refractivity contribution in [3.63, 3.8) is 0 Å². The molecule has 0 saturated carbocycles. The average Bonchev–Trinajstić information content (AvgIpc) is 3.13. The number of nitrogens with zero attached hydrogens (tertiary/aromatic N) is 1. The van der Waals surface area contributed by atoms with Crippen molar-refractivity contribution in [1.29, 1.82) is 0 Å². The average molecular weight is 635 g/mol. The maximum atomic E-state index is 14.3. The molecule has 2 aliphatic heterocycles. The molecule has 8 nitrogen and oxygen atoms in total. The number of pyridine rings is 1. The van der Waals surface area contributed by atoms with Crippen LogP contribution in [0.4, 0.5) is 15.8 Å². The zero-order chi connectivity index (χ0) is 20.7. The number of anilines is 2. The van der Waals surface area contributed by atoms with Crippen molar-refractivity contribution < 1.29 is 60.4 Å². The van der Waals surface area contributed by atoms with Gasteiger partial charge in [-0.25, -0.2) is 0 Å². The molecule has 0 radical (unpaired) electrons. The second-order valence-electron chi connectivity index (χ2n) is 6.49. The van der Waals surface area contributed by atoms with E-state index in [1.165, 1.54) is 13.2 Å². The first-order valence-corrected chi connectivity index (χ1v) is 13.2. The molecule has 1 aromatic carbocycles.